The van der Waals surface area contributed by atoms with Gasteiger partial charge < -0.3 is 10.5 Å². The predicted octanol–water partition coefficient (Wildman–Crippen LogP) is 1.01. The minimum absolute atomic E-state index is 0.0473. The van der Waals surface area contributed by atoms with Gasteiger partial charge in [0, 0.05) is 6.04 Å². The number of esters is 1. The molecule has 0 saturated heterocycles. The van der Waals surface area contributed by atoms with Crippen LogP contribution in [0.1, 0.15) is 24.3 Å². The summed E-state index contributed by atoms with van der Waals surface area (Å²) in [6.45, 7) is 4.51. The van der Waals surface area contributed by atoms with Crippen molar-refractivity contribution in [3.8, 4) is 0 Å². The first-order chi connectivity index (χ1) is 7.06. The van der Waals surface area contributed by atoms with Crippen molar-refractivity contribution in [3.63, 3.8) is 0 Å². The van der Waals surface area contributed by atoms with E-state index >= 15 is 0 Å². The van der Waals surface area contributed by atoms with Crippen LogP contribution in [-0.2, 0) is 11.3 Å². The highest BCUT2D eigenvalue weighted by Gasteiger charge is 2.18. The number of hydrogen-bond donors (Lipinski definition) is 1. The summed E-state index contributed by atoms with van der Waals surface area (Å²) in [5.74, 6) is -0.347. The lowest BCUT2D eigenvalue weighted by Gasteiger charge is -2.09. The van der Waals surface area contributed by atoms with Crippen LogP contribution in [0.15, 0.2) is 6.20 Å². The molecule has 0 aliphatic heterocycles. The Morgan fingerprint density at radius 2 is 2.47 bits per heavy atom. The molecular weight excluding hydrogens is 309 g/mol. The van der Waals surface area contributed by atoms with E-state index in [1.165, 1.54) is 0 Å². The molecule has 0 bridgehead atoms. The Morgan fingerprint density at radius 3 is 3.00 bits per heavy atom. The third kappa shape index (κ3) is 3.16. The third-order valence-corrected chi connectivity index (χ3v) is 2.51. The molecule has 0 unspecified atom stereocenters. The monoisotopic (exact) mass is 323 g/mol. The number of carbonyl (C=O) groups excluding carboxylic acids is 1. The number of nitrogens with two attached hydrogens (primary N) is 1. The summed E-state index contributed by atoms with van der Waals surface area (Å²) < 4.78 is 7.32. The van der Waals surface area contributed by atoms with E-state index in [1.807, 2.05) is 6.92 Å². The van der Waals surface area contributed by atoms with Crippen LogP contribution in [-0.4, -0.2) is 28.4 Å². The minimum Gasteiger partial charge on any atom is -0.461 e. The SMILES string of the molecule is CCOC(=O)c1c(I)cnn1C[C@H](C)N. The summed E-state index contributed by atoms with van der Waals surface area (Å²) >= 11 is 2.06. The molecule has 5 nitrogen and oxygen atoms in total. The molecule has 0 aliphatic carbocycles. The molecule has 6 heteroatoms. The van der Waals surface area contributed by atoms with Crippen LogP contribution in [0.2, 0.25) is 0 Å². The molecule has 84 valence electrons. The van der Waals surface area contributed by atoms with Gasteiger partial charge in [0.05, 0.1) is 22.9 Å². The first-order valence-corrected chi connectivity index (χ1v) is 5.78. The average molecular weight is 323 g/mol. The van der Waals surface area contributed by atoms with Crippen LogP contribution in [0.4, 0.5) is 0 Å². The second kappa shape index (κ2) is 5.45. The number of rotatable bonds is 4. The Kier molecular flexibility index (Phi) is 4.52. The Balaban J connectivity index is 2.93. The largest absolute Gasteiger partial charge is 0.461 e. The quantitative estimate of drug-likeness (QED) is 0.663. The Hall–Kier alpha value is -0.630. The fraction of sp³-hybridized carbons (Fsp3) is 0.556. The van der Waals surface area contributed by atoms with Crippen LogP contribution >= 0.6 is 22.6 Å². The summed E-state index contributed by atoms with van der Waals surface area (Å²) in [6.07, 6.45) is 1.63. The van der Waals surface area contributed by atoms with E-state index in [1.54, 1.807) is 17.8 Å². The lowest BCUT2D eigenvalue weighted by atomic mass is 10.3. The third-order valence-electron chi connectivity index (χ3n) is 1.72. The van der Waals surface area contributed by atoms with Gasteiger partial charge in [-0.1, -0.05) is 0 Å². The molecule has 1 aromatic heterocycles. The zero-order valence-corrected chi connectivity index (χ0v) is 10.9. The second-order valence-corrected chi connectivity index (χ2v) is 4.38. The van der Waals surface area contributed by atoms with E-state index < -0.39 is 0 Å². The number of hydrogen-bond acceptors (Lipinski definition) is 4. The minimum atomic E-state index is -0.347. The fourth-order valence-corrected chi connectivity index (χ4v) is 1.80. The molecular formula is C9H14IN3O2. The molecule has 0 amide bonds. The summed E-state index contributed by atoms with van der Waals surface area (Å²) in [4.78, 5) is 11.6. The molecule has 1 aromatic rings. The molecule has 2 N–H and O–H groups in total. The topological polar surface area (TPSA) is 70.1 Å². The average Bonchev–Trinajstić information content (AvgIpc) is 2.46. The van der Waals surface area contributed by atoms with Gasteiger partial charge in [-0.3, -0.25) is 4.68 Å². The maximum atomic E-state index is 11.6. The van der Waals surface area contributed by atoms with E-state index in [0.717, 1.165) is 3.57 Å². The maximum Gasteiger partial charge on any atom is 0.357 e. The van der Waals surface area contributed by atoms with Crippen molar-refractivity contribution in [1.29, 1.82) is 0 Å². The number of nitrogens with zero attached hydrogens (tertiary/aromatic N) is 2. The summed E-state index contributed by atoms with van der Waals surface area (Å²) in [5, 5.41) is 4.09. The van der Waals surface area contributed by atoms with Gasteiger partial charge >= 0.3 is 5.97 Å². The van der Waals surface area contributed by atoms with Crippen molar-refractivity contribution in [2.24, 2.45) is 5.73 Å². The molecule has 0 spiro atoms. The highest BCUT2D eigenvalue weighted by Crippen LogP contribution is 2.13. The number of carbonyl (C=O) groups is 1. The fourth-order valence-electron chi connectivity index (χ4n) is 1.18. The highest BCUT2D eigenvalue weighted by atomic mass is 127. The van der Waals surface area contributed by atoms with Gasteiger partial charge in [0.15, 0.2) is 5.69 Å². The van der Waals surface area contributed by atoms with Gasteiger partial charge in [-0.2, -0.15) is 5.10 Å². The van der Waals surface area contributed by atoms with Crippen molar-refractivity contribution in [3.05, 3.63) is 15.5 Å². The smallest absolute Gasteiger partial charge is 0.357 e. The molecule has 0 saturated carbocycles. The van der Waals surface area contributed by atoms with Crippen LogP contribution in [0.3, 0.4) is 0 Å². The van der Waals surface area contributed by atoms with E-state index in [0.29, 0.717) is 18.8 Å². The number of ether oxygens (including phenoxy) is 1. The van der Waals surface area contributed by atoms with Gasteiger partial charge in [0.2, 0.25) is 0 Å². The van der Waals surface area contributed by atoms with Crippen LogP contribution < -0.4 is 5.73 Å². The van der Waals surface area contributed by atoms with Gasteiger partial charge in [0.25, 0.3) is 0 Å². The molecule has 15 heavy (non-hydrogen) atoms. The van der Waals surface area contributed by atoms with Gasteiger partial charge in [-0.15, -0.1) is 0 Å². The lowest BCUT2D eigenvalue weighted by molar-refractivity contribution is 0.0510. The van der Waals surface area contributed by atoms with Crippen molar-refractivity contribution in [1.82, 2.24) is 9.78 Å². The summed E-state index contributed by atoms with van der Waals surface area (Å²) in [6, 6.07) is -0.0473. The molecule has 0 aromatic carbocycles. The van der Waals surface area contributed by atoms with Crippen molar-refractivity contribution in [2.45, 2.75) is 26.4 Å². The Bertz CT molecular complexity index is 349. The molecule has 0 fully saturated rings. The van der Waals surface area contributed by atoms with Crippen molar-refractivity contribution < 1.29 is 9.53 Å². The van der Waals surface area contributed by atoms with Gasteiger partial charge in [-0.05, 0) is 36.4 Å². The Labute approximate surface area is 102 Å². The van der Waals surface area contributed by atoms with Crippen molar-refractivity contribution >= 4 is 28.6 Å². The van der Waals surface area contributed by atoms with E-state index in [2.05, 4.69) is 27.7 Å². The maximum absolute atomic E-state index is 11.6. The molecule has 0 aliphatic rings. The van der Waals surface area contributed by atoms with E-state index in [4.69, 9.17) is 10.5 Å². The summed E-state index contributed by atoms with van der Waals surface area (Å²) in [7, 11) is 0. The molecule has 0 radical (unpaired) electrons. The van der Waals surface area contributed by atoms with Crippen LogP contribution in [0.25, 0.3) is 0 Å². The molecule has 1 heterocycles. The number of aromatic nitrogens is 2. The zero-order chi connectivity index (χ0) is 11.4. The van der Waals surface area contributed by atoms with Gasteiger partial charge in [0.1, 0.15) is 0 Å². The van der Waals surface area contributed by atoms with Crippen LogP contribution in [0.5, 0.6) is 0 Å². The first kappa shape index (κ1) is 12.4. The van der Waals surface area contributed by atoms with Crippen LogP contribution in [0, 0.1) is 3.57 Å². The second-order valence-electron chi connectivity index (χ2n) is 3.22. The predicted molar refractivity (Wildman–Crippen MR) is 64.5 cm³/mol. The highest BCUT2D eigenvalue weighted by molar-refractivity contribution is 14.1. The zero-order valence-electron chi connectivity index (χ0n) is 8.74. The first-order valence-electron chi connectivity index (χ1n) is 4.70. The number of halogens is 1. The molecule has 1 rings (SSSR count). The van der Waals surface area contributed by atoms with E-state index in [9.17, 15) is 4.79 Å². The molecule has 1 atom stereocenters. The van der Waals surface area contributed by atoms with Crippen molar-refractivity contribution in [2.75, 3.05) is 6.61 Å². The lowest BCUT2D eigenvalue weighted by Crippen LogP contribution is -2.25. The normalized spacial score (nSPS) is 12.5. The van der Waals surface area contributed by atoms with Gasteiger partial charge in [-0.25, -0.2) is 4.79 Å². The summed E-state index contributed by atoms with van der Waals surface area (Å²) in [5.41, 5.74) is 6.14. The standard InChI is InChI=1S/C9H14IN3O2/c1-3-15-9(14)8-7(10)4-12-13(8)5-6(2)11/h4,6H,3,5,11H2,1-2H3/t6-/m0/s1. The van der Waals surface area contributed by atoms with E-state index in [-0.39, 0.29) is 12.0 Å². The Morgan fingerprint density at radius 1 is 1.80 bits per heavy atom.